The van der Waals surface area contributed by atoms with Gasteiger partial charge in [-0.05, 0) is 52.0 Å². The first-order chi connectivity index (χ1) is 12.4. The van der Waals surface area contributed by atoms with Crippen LogP contribution in [0.25, 0.3) is 0 Å². The molecule has 1 N–H and O–H groups in total. The van der Waals surface area contributed by atoms with Crippen molar-refractivity contribution in [1.29, 1.82) is 0 Å². The predicted molar refractivity (Wildman–Crippen MR) is 106 cm³/mol. The van der Waals surface area contributed by atoms with Gasteiger partial charge in [0, 0.05) is 44.7 Å². The number of likely N-dealkylation sites (N-methyl/N-ethyl adjacent to an activating group) is 2. The van der Waals surface area contributed by atoms with Crippen LogP contribution < -0.4 is 5.32 Å². The van der Waals surface area contributed by atoms with Crippen molar-refractivity contribution in [2.24, 2.45) is 5.41 Å². The van der Waals surface area contributed by atoms with Crippen LogP contribution in [0, 0.1) is 12.3 Å². The fourth-order valence-corrected chi connectivity index (χ4v) is 3.97. The molecule has 0 aromatic heterocycles. The van der Waals surface area contributed by atoms with Gasteiger partial charge in [0.05, 0.1) is 0 Å². The molecular weight excluding hydrogens is 324 g/mol. The summed E-state index contributed by atoms with van der Waals surface area (Å²) >= 11 is 0. The lowest BCUT2D eigenvalue weighted by Crippen LogP contribution is -2.48. The lowest BCUT2D eigenvalue weighted by Gasteiger charge is -2.35. The van der Waals surface area contributed by atoms with Crippen molar-refractivity contribution in [2.45, 2.75) is 25.8 Å². The van der Waals surface area contributed by atoms with Crippen LogP contribution in [0.4, 0.5) is 0 Å². The molecule has 3 rings (SSSR count). The summed E-state index contributed by atoms with van der Waals surface area (Å²) in [4.78, 5) is 19.9. The zero-order valence-electron chi connectivity index (χ0n) is 16.8. The molecule has 1 saturated carbocycles. The molecular formula is C21H34N4O. The van der Waals surface area contributed by atoms with Crippen molar-refractivity contribution in [3.63, 3.8) is 0 Å². The Morgan fingerprint density at radius 1 is 1.19 bits per heavy atom. The van der Waals surface area contributed by atoms with E-state index < -0.39 is 0 Å². The quantitative estimate of drug-likeness (QED) is 0.806. The van der Waals surface area contributed by atoms with Crippen LogP contribution in [-0.2, 0) is 4.79 Å². The summed E-state index contributed by atoms with van der Waals surface area (Å²) in [5, 5.41) is 3.27. The second-order valence-corrected chi connectivity index (χ2v) is 8.52. The third kappa shape index (κ3) is 4.64. The smallest absolute Gasteiger partial charge is 0.241 e. The second kappa shape index (κ2) is 8.07. The van der Waals surface area contributed by atoms with E-state index in [0.29, 0.717) is 5.41 Å². The second-order valence-electron chi connectivity index (χ2n) is 8.52. The Bertz CT molecular complexity index is 618. The first-order valence-corrected chi connectivity index (χ1v) is 9.81. The van der Waals surface area contributed by atoms with Gasteiger partial charge >= 0.3 is 0 Å². The van der Waals surface area contributed by atoms with Crippen LogP contribution in [0.1, 0.15) is 30.0 Å². The van der Waals surface area contributed by atoms with Crippen LogP contribution in [-0.4, -0.2) is 81.0 Å². The molecule has 5 nitrogen and oxygen atoms in total. The average molecular weight is 359 g/mol. The Kier molecular flexibility index (Phi) is 6.00. The van der Waals surface area contributed by atoms with E-state index in [9.17, 15) is 4.79 Å². The number of carbonyl (C=O) groups is 1. The molecule has 1 aliphatic carbocycles. The standard InChI is InChI=1S/C21H34N4O/c1-17-7-5-6-8-18(17)19(23(2)3)20(26)22-15-21(9-10-21)16-25-13-11-24(4)12-14-25/h5-8,19H,9-16H2,1-4H3,(H,22,26). The molecule has 26 heavy (non-hydrogen) atoms. The van der Waals surface area contributed by atoms with Gasteiger partial charge in [-0.2, -0.15) is 0 Å². The summed E-state index contributed by atoms with van der Waals surface area (Å²) in [6, 6.07) is 7.96. The molecule has 1 aromatic rings. The Labute approximate surface area is 158 Å². The summed E-state index contributed by atoms with van der Waals surface area (Å²) in [5.41, 5.74) is 2.56. The minimum absolute atomic E-state index is 0.119. The van der Waals surface area contributed by atoms with E-state index in [4.69, 9.17) is 0 Å². The highest BCUT2D eigenvalue weighted by molar-refractivity contribution is 5.83. The van der Waals surface area contributed by atoms with E-state index in [-0.39, 0.29) is 11.9 Å². The molecule has 2 fully saturated rings. The van der Waals surface area contributed by atoms with Crippen molar-refractivity contribution < 1.29 is 4.79 Å². The highest BCUT2D eigenvalue weighted by atomic mass is 16.2. The molecule has 1 atom stereocenters. The molecule has 1 heterocycles. The van der Waals surface area contributed by atoms with Gasteiger partial charge in [0.2, 0.25) is 5.91 Å². The van der Waals surface area contributed by atoms with E-state index >= 15 is 0 Å². The summed E-state index contributed by atoms with van der Waals surface area (Å²) < 4.78 is 0. The highest BCUT2D eigenvalue weighted by Gasteiger charge is 2.44. The lowest BCUT2D eigenvalue weighted by molar-refractivity contribution is -0.126. The molecule has 0 spiro atoms. The van der Waals surface area contributed by atoms with E-state index in [1.807, 2.05) is 31.1 Å². The number of aryl methyl sites for hydroxylation is 1. The first-order valence-electron chi connectivity index (χ1n) is 9.81. The first kappa shape index (κ1) is 19.3. The van der Waals surface area contributed by atoms with Crippen molar-refractivity contribution in [3.05, 3.63) is 35.4 Å². The number of amides is 1. The number of hydrogen-bond donors (Lipinski definition) is 1. The Morgan fingerprint density at radius 2 is 1.85 bits per heavy atom. The van der Waals surface area contributed by atoms with Crippen molar-refractivity contribution in [1.82, 2.24) is 20.0 Å². The molecule has 144 valence electrons. The number of piperazine rings is 1. The fraction of sp³-hybridized carbons (Fsp3) is 0.667. The van der Waals surface area contributed by atoms with Gasteiger partial charge in [0.25, 0.3) is 0 Å². The third-order valence-electron chi connectivity index (χ3n) is 6.00. The summed E-state index contributed by atoms with van der Waals surface area (Å²) in [5.74, 6) is 0.119. The van der Waals surface area contributed by atoms with Crippen LogP contribution >= 0.6 is 0 Å². The van der Waals surface area contributed by atoms with Gasteiger partial charge < -0.3 is 15.1 Å². The van der Waals surface area contributed by atoms with E-state index in [2.05, 4.69) is 41.2 Å². The van der Waals surface area contributed by atoms with Gasteiger partial charge in [0.15, 0.2) is 0 Å². The monoisotopic (exact) mass is 358 g/mol. The highest BCUT2D eigenvalue weighted by Crippen LogP contribution is 2.45. The Hall–Kier alpha value is -1.43. The fourth-order valence-electron chi connectivity index (χ4n) is 3.97. The third-order valence-corrected chi connectivity index (χ3v) is 6.00. The molecule has 1 unspecified atom stereocenters. The molecule has 2 aliphatic rings. The molecule has 0 radical (unpaired) electrons. The van der Waals surface area contributed by atoms with Crippen LogP contribution in [0.3, 0.4) is 0 Å². The topological polar surface area (TPSA) is 38.8 Å². The molecule has 1 saturated heterocycles. The lowest BCUT2D eigenvalue weighted by atomic mass is 9.99. The van der Waals surface area contributed by atoms with E-state index in [1.54, 1.807) is 0 Å². The van der Waals surface area contributed by atoms with Crippen LogP contribution in [0.2, 0.25) is 0 Å². The van der Waals surface area contributed by atoms with Gasteiger partial charge in [0.1, 0.15) is 6.04 Å². The normalized spacial score (nSPS) is 21.6. The minimum Gasteiger partial charge on any atom is -0.354 e. The molecule has 5 heteroatoms. The van der Waals surface area contributed by atoms with Gasteiger partial charge in [-0.25, -0.2) is 0 Å². The van der Waals surface area contributed by atoms with Crippen LogP contribution in [0.5, 0.6) is 0 Å². The van der Waals surface area contributed by atoms with Crippen molar-refractivity contribution in [3.8, 4) is 0 Å². The predicted octanol–water partition coefficient (Wildman–Crippen LogP) is 1.74. The van der Waals surface area contributed by atoms with Crippen LogP contribution in [0.15, 0.2) is 24.3 Å². The zero-order chi connectivity index (χ0) is 18.7. The molecule has 1 aliphatic heterocycles. The number of carbonyl (C=O) groups excluding carboxylic acids is 1. The number of benzene rings is 1. The number of rotatable bonds is 7. The summed E-state index contributed by atoms with van der Waals surface area (Å²) in [7, 11) is 6.15. The van der Waals surface area contributed by atoms with Crippen molar-refractivity contribution >= 4 is 5.91 Å². The Morgan fingerprint density at radius 3 is 2.42 bits per heavy atom. The number of hydrogen-bond acceptors (Lipinski definition) is 4. The van der Waals surface area contributed by atoms with Gasteiger partial charge in [-0.3, -0.25) is 9.69 Å². The number of nitrogens with one attached hydrogen (secondary N) is 1. The Balaban J connectivity index is 1.57. The number of nitrogens with zero attached hydrogens (tertiary/aromatic N) is 3. The molecule has 1 aromatic carbocycles. The molecule has 1 amide bonds. The molecule has 0 bridgehead atoms. The summed E-state index contributed by atoms with van der Waals surface area (Å²) in [6.07, 6.45) is 2.47. The maximum absolute atomic E-state index is 13.0. The maximum atomic E-state index is 13.0. The average Bonchev–Trinajstić information content (AvgIpc) is 3.37. The van der Waals surface area contributed by atoms with E-state index in [0.717, 1.165) is 44.8 Å². The van der Waals surface area contributed by atoms with E-state index in [1.165, 1.54) is 18.4 Å². The maximum Gasteiger partial charge on any atom is 0.241 e. The summed E-state index contributed by atoms with van der Waals surface area (Å²) in [6.45, 7) is 8.60. The SMILES string of the molecule is Cc1ccccc1C(C(=O)NCC1(CN2CCN(C)CC2)CC1)N(C)C. The van der Waals surface area contributed by atoms with Gasteiger partial charge in [-0.15, -0.1) is 0 Å². The van der Waals surface area contributed by atoms with Gasteiger partial charge in [-0.1, -0.05) is 24.3 Å². The van der Waals surface area contributed by atoms with Crippen molar-refractivity contribution in [2.75, 3.05) is 60.4 Å². The zero-order valence-corrected chi connectivity index (χ0v) is 16.8. The largest absolute Gasteiger partial charge is 0.354 e. The minimum atomic E-state index is -0.226.